The van der Waals surface area contributed by atoms with Crippen LogP contribution in [0, 0.1) is 5.82 Å². The molecule has 1 amide bonds. The molecule has 0 saturated carbocycles. The highest BCUT2D eigenvalue weighted by atomic mass is 32.2. The Balaban J connectivity index is 1.41. The van der Waals surface area contributed by atoms with Crippen molar-refractivity contribution in [3.63, 3.8) is 0 Å². The van der Waals surface area contributed by atoms with Crippen LogP contribution in [0.2, 0.25) is 0 Å². The first-order chi connectivity index (χ1) is 14.7. The van der Waals surface area contributed by atoms with Gasteiger partial charge in [-0.05, 0) is 34.7 Å². The number of nitrogens with zero attached hydrogens (tertiary/aromatic N) is 2. The van der Waals surface area contributed by atoms with Crippen molar-refractivity contribution < 1.29 is 9.18 Å². The van der Waals surface area contributed by atoms with E-state index in [-0.39, 0.29) is 23.5 Å². The Hall–Kier alpha value is -2.90. The summed E-state index contributed by atoms with van der Waals surface area (Å²) < 4.78 is 15.4. The topological polar surface area (TPSA) is 46.9 Å². The van der Waals surface area contributed by atoms with Crippen LogP contribution in [0.4, 0.5) is 4.39 Å². The Morgan fingerprint density at radius 3 is 2.63 bits per heavy atom. The van der Waals surface area contributed by atoms with Gasteiger partial charge in [-0.1, -0.05) is 60.3 Å². The second-order valence-corrected chi connectivity index (χ2v) is 8.60. The number of amides is 1. The number of imidazole rings is 1. The third-order valence-electron chi connectivity index (χ3n) is 4.54. The molecular formula is C23H20FN3OS2. The van der Waals surface area contributed by atoms with Crippen molar-refractivity contribution in [2.45, 2.75) is 17.7 Å². The van der Waals surface area contributed by atoms with Crippen molar-refractivity contribution in [1.82, 2.24) is 14.9 Å². The lowest BCUT2D eigenvalue weighted by molar-refractivity contribution is -0.119. The highest BCUT2D eigenvalue weighted by molar-refractivity contribution is 7.99. The number of aromatic nitrogens is 2. The fourth-order valence-corrected chi connectivity index (χ4v) is 4.67. The first-order valence-electron chi connectivity index (χ1n) is 9.45. The summed E-state index contributed by atoms with van der Waals surface area (Å²) in [5.41, 5.74) is 2.03. The average molecular weight is 438 g/mol. The molecule has 0 saturated heterocycles. The first kappa shape index (κ1) is 20.4. The van der Waals surface area contributed by atoms with Crippen molar-refractivity contribution >= 4 is 29.0 Å². The summed E-state index contributed by atoms with van der Waals surface area (Å²) in [6.45, 7) is 0.707. The smallest absolute Gasteiger partial charge is 0.231 e. The number of carbonyl (C=O) groups is 1. The van der Waals surface area contributed by atoms with E-state index in [4.69, 9.17) is 0 Å². The number of benzene rings is 2. The summed E-state index contributed by atoms with van der Waals surface area (Å²) >= 11 is 2.96. The standard InChI is InChI=1S/C23H20FN3OS2/c24-19-10-8-18(9-11-19)22(20-7-4-14-29-20)26-21(28)16-30-23-25-12-13-27(23)15-17-5-2-1-3-6-17/h1-14,22H,15-16H2,(H,26,28)/t22-/m1/s1. The molecule has 30 heavy (non-hydrogen) atoms. The molecule has 2 aromatic carbocycles. The largest absolute Gasteiger partial charge is 0.344 e. The Morgan fingerprint density at radius 1 is 1.10 bits per heavy atom. The van der Waals surface area contributed by atoms with E-state index in [1.54, 1.807) is 29.7 Å². The second kappa shape index (κ2) is 9.73. The summed E-state index contributed by atoms with van der Waals surface area (Å²) in [6.07, 6.45) is 3.66. The summed E-state index contributed by atoms with van der Waals surface area (Å²) in [7, 11) is 0. The Bertz CT molecular complexity index is 1080. The minimum absolute atomic E-state index is 0.100. The van der Waals surface area contributed by atoms with Crippen LogP contribution in [0.1, 0.15) is 22.0 Å². The predicted octanol–water partition coefficient (Wildman–Crippen LogP) is 5.13. The quantitative estimate of drug-likeness (QED) is 0.389. The van der Waals surface area contributed by atoms with Gasteiger partial charge in [0, 0.05) is 23.8 Å². The summed E-state index contributed by atoms with van der Waals surface area (Å²) in [5, 5.41) is 5.84. The molecule has 4 nitrogen and oxygen atoms in total. The summed E-state index contributed by atoms with van der Waals surface area (Å²) in [5.74, 6) is -0.151. The van der Waals surface area contributed by atoms with Crippen molar-refractivity contribution in [2.24, 2.45) is 0 Å². The Kier molecular flexibility index (Phi) is 6.61. The van der Waals surface area contributed by atoms with Gasteiger partial charge in [-0.2, -0.15) is 0 Å². The molecule has 0 unspecified atom stereocenters. The van der Waals surface area contributed by atoms with Gasteiger partial charge >= 0.3 is 0 Å². The first-order valence-corrected chi connectivity index (χ1v) is 11.3. The number of thioether (sulfide) groups is 1. The molecular weight excluding hydrogens is 417 g/mol. The minimum atomic E-state index is -0.303. The van der Waals surface area contributed by atoms with Crippen molar-refractivity contribution in [3.8, 4) is 0 Å². The zero-order valence-electron chi connectivity index (χ0n) is 16.1. The molecule has 2 aromatic heterocycles. The number of thiophene rings is 1. The van der Waals surface area contributed by atoms with Crippen molar-refractivity contribution in [1.29, 1.82) is 0 Å². The molecule has 0 aliphatic rings. The molecule has 0 spiro atoms. The van der Waals surface area contributed by atoms with E-state index in [0.29, 0.717) is 6.54 Å². The van der Waals surface area contributed by atoms with E-state index in [9.17, 15) is 9.18 Å². The third kappa shape index (κ3) is 5.17. The van der Waals surface area contributed by atoms with Gasteiger partial charge in [-0.3, -0.25) is 4.79 Å². The lowest BCUT2D eigenvalue weighted by Gasteiger charge is -2.18. The van der Waals surface area contributed by atoms with E-state index in [2.05, 4.69) is 22.4 Å². The van der Waals surface area contributed by atoms with Crippen LogP contribution in [-0.4, -0.2) is 21.2 Å². The summed E-state index contributed by atoms with van der Waals surface area (Å²) in [4.78, 5) is 18.1. The van der Waals surface area contributed by atoms with Crippen LogP contribution in [0.25, 0.3) is 0 Å². The number of rotatable bonds is 8. The Morgan fingerprint density at radius 2 is 1.90 bits per heavy atom. The van der Waals surface area contributed by atoms with Crippen LogP contribution in [0.3, 0.4) is 0 Å². The van der Waals surface area contributed by atoms with Crippen LogP contribution < -0.4 is 5.32 Å². The van der Waals surface area contributed by atoms with E-state index in [0.717, 1.165) is 15.6 Å². The van der Waals surface area contributed by atoms with E-state index in [1.165, 1.54) is 29.5 Å². The summed E-state index contributed by atoms with van der Waals surface area (Å²) in [6, 6.07) is 20.0. The molecule has 2 heterocycles. The maximum Gasteiger partial charge on any atom is 0.231 e. The third-order valence-corrected chi connectivity index (χ3v) is 6.48. The maximum absolute atomic E-state index is 13.3. The van der Waals surface area contributed by atoms with Crippen LogP contribution >= 0.6 is 23.1 Å². The molecule has 4 aromatic rings. The van der Waals surface area contributed by atoms with Gasteiger partial charge in [-0.25, -0.2) is 9.37 Å². The van der Waals surface area contributed by atoms with Crippen LogP contribution in [-0.2, 0) is 11.3 Å². The van der Waals surface area contributed by atoms with Crippen molar-refractivity contribution in [3.05, 3.63) is 106 Å². The van der Waals surface area contributed by atoms with Gasteiger partial charge in [0.1, 0.15) is 5.82 Å². The van der Waals surface area contributed by atoms with E-state index >= 15 is 0 Å². The fourth-order valence-electron chi connectivity index (χ4n) is 3.10. The predicted molar refractivity (Wildman–Crippen MR) is 119 cm³/mol. The van der Waals surface area contributed by atoms with Gasteiger partial charge in [-0.15, -0.1) is 11.3 Å². The molecule has 0 fully saturated rings. The molecule has 1 N–H and O–H groups in total. The normalized spacial score (nSPS) is 11.9. The number of hydrogen-bond donors (Lipinski definition) is 1. The number of hydrogen-bond acceptors (Lipinski definition) is 4. The number of halogens is 1. The lowest BCUT2D eigenvalue weighted by atomic mass is 10.1. The minimum Gasteiger partial charge on any atom is -0.344 e. The molecule has 1 atom stereocenters. The average Bonchev–Trinajstić information content (AvgIpc) is 3.44. The zero-order valence-corrected chi connectivity index (χ0v) is 17.7. The monoisotopic (exact) mass is 437 g/mol. The molecule has 7 heteroatoms. The fraction of sp³-hybridized carbons (Fsp3) is 0.130. The van der Waals surface area contributed by atoms with Gasteiger partial charge in [0.2, 0.25) is 5.91 Å². The number of nitrogens with one attached hydrogen (secondary N) is 1. The molecule has 4 rings (SSSR count). The number of carbonyl (C=O) groups excluding carboxylic acids is 1. The Labute approximate surface area is 182 Å². The highest BCUT2D eigenvalue weighted by Crippen LogP contribution is 2.27. The van der Waals surface area contributed by atoms with Gasteiger partial charge < -0.3 is 9.88 Å². The van der Waals surface area contributed by atoms with Gasteiger partial charge in [0.05, 0.1) is 11.8 Å². The van der Waals surface area contributed by atoms with Crippen LogP contribution in [0.5, 0.6) is 0 Å². The highest BCUT2D eigenvalue weighted by Gasteiger charge is 2.18. The van der Waals surface area contributed by atoms with Gasteiger partial charge in [0.15, 0.2) is 5.16 Å². The SMILES string of the molecule is O=C(CSc1nccn1Cc1ccccc1)N[C@H](c1ccc(F)cc1)c1cccs1. The van der Waals surface area contributed by atoms with Gasteiger partial charge in [0.25, 0.3) is 0 Å². The molecule has 0 bridgehead atoms. The molecule has 0 radical (unpaired) electrons. The van der Waals surface area contributed by atoms with Crippen LogP contribution in [0.15, 0.2) is 89.7 Å². The molecule has 0 aliphatic heterocycles. The second-order valence-electron chi connectivity index (χ2n) is 6.68. The van der Waals surface area contributed by atoms with Crippen molar-refractivity contribution in [2.75, 3.05) is 5.75 Å². The lowest BCUT2D eigenvalue weighted by Crippen LogP contribution is -2.30. The van der Waals surface area contributed by atoms with E-state index < -0.39 is 0 Å². The van der Waals surface area contributed by atoms with E-state index in [1.807, 2.05) is 46.5 Å². The zero-order chi connectivity index (χ0) is 20.8. The molecule has 0 aliphatic carbocycles. The molecule has 152 valence electrons. The maximum atomic E-state index is 13.3.